The van der Waals surface area contributed by atoms with Crippen LogP contribution in [0.4, 0.5) is 0 Å². The number of ether oxygens (including phenoxy) is 1. The van der Waals surface area contributed by atoms with Crippen LogP contribution in [0.3, 0.4) is 0 Å². The molecule has 3 aromatic rings. The van der Waals surface area contributed by atoms with E-state index < -0.39 is 5.76 Å². The van der Waals surface area contributed by atoms with Crippen molar-refractivity contribution in [3.8, 4) is 0 Å². The molecule has 0 aliphatic rings. The van der Waals surface area contributed by atoms with Crippen molar-refractivity contribution >= 4 is 17.0 Å². The number of rotatable bonds is 7. The van der Waals surface area contributed by atoms with Gasteiger partial charge in [0, 0.05) is 20.2 Å². The molecule has 1 aromatic heterocycles. The van der Waals surface area contributed by atoms with Gasteiger partial charge in [-0.3, -0.25) is 9.36 Å². The number of para-hydroxylation sites is 2. The molecule has 130 valence electrons. The maximum absolute atomic E-state index is 12.8. The van der Waals surface area contributed by atoms with E-state index in [2.05, 4.69) is 0 Å². The summed E-state index contributed by atoms with van der Waals surface area (Å²) in [5.41, 5.74) is 2.12. The second-order valence-corrected chi connectivity index (χ2v) is 5.72. The summed E-state index contributed by atoms with van der Waals surface area (Å²) in [5, 5.41) is 0. The zero-order valence-corrected chi connectivity index (χ0v) is 14.1. The van der Waals surface area contributed by atoms with Gasteiger partial charge in [0.05, 0.1) is 12.1 Å². The van der Waals surface area contributed by atoms with E-state index >= 15 is 0 Å². The van der Waals surface area contributed by atoms with Crippen LogP contribution in [0.2, 0.25) is 0 Å². The third-order valence-corrected chi connectivity index (χ3v) is 4.00. The van der Waals surface area contributed by atoms with Crippen LogP contribution >= 0.6 is 0 Å². The van der Waals surface area contributed by atoms with Crippen LogP contribution in [0.15, 0.2) is 63.8 Å². The average molecular weight is 340 g/mol. The molecule has 6 heteroatoms. The molecule has 3 rings (SSSR count). The molecule has 0 radical (unpaired) electrons. The maximum Gasteiger partial charge on any atom is 0.420 e. The van der Waals surface area contributed by atoms with Gasteiger partial charge in [-0.1, -0.05) is 42.5 Å². The van der Waals surface area contributed by atoms with Crippen molar-refractivity contribution in [1.82, 2.24) is 9.47 Å². The molecule has 0 fully saturated rings. The second-order valence-electron chi connectivity index (χ2n) is 5.72. The minimum Gasteiger partial charge on any atom is -0.408 e. The maximum atomic E-state index is 12.8. The fourth-order valence-electron chi connectivity index (χ4n) is 2.70. The molecule has 0 saturated heterocycles. The summed E-state index contributed by atoms with van der Waals surface area (Å²) in [6.45, 7) is 1.29. The van der Waals surface area contributed by atoms with Crippen molar-refractivity contribution in [1.29, 1.82) is 0 Å². The van der Waals surface area contributed by atoms with E-state index in [4.69, 9.17) is 9.15 Å². The average Bonchev–Trinajstić information content (AvgIpc) is 2.95. The first-order valence-electron chi connectivity index (χ1n) is 8.08. The number of nitrogens with zero attached hydrogens (tertiary/aromatic N) is 2. The number of methoxy groups -OCH3 is 1. The summed E-state index contributed by atoms with van der Waals surface area (Å²) in [6, 6.07) is 16.8. The van der Waals surface area contributed by atoms with Crippen LogP contribution in [-0.2, 0) is 22.6 Å². The molecule has 0 aliphatic heterocycles. The van der Waals surface area contributed by atoms with Gasteiger partial charge >= 0.3 is 5.76 Å². The molecule has 0 N–H and O–H groups in total. The lowest BCUT2D eigenvalue weighted by atomic mass is 10.2. The highest BCUT2D eigenvalue weighted by atomic mass is 16.5. The molecule has 0 atom stereocenters. The number of hydrogen-bond acceptors (Lipinski definition) is 4. The van der Waals surface area contributed by atoms with E-state index in [0.717, 1.165) is 5.56 Å². The van der Waals surface area contributed by atoms with Crippen molar-refractivity contribution < 1.29 is 13.9 Å². The van der Waals surface area contributed by atoms with Crippen molar-refractivity contribution in [2.75, 3.05) is 20.3 Å². The van der Waals surface area contributed by atoms with Gasteiger partial charge < -0.3 is 14.1 Å². The molecular formula is C19H20N2O4. The molecule has 0 aliphatic carbocycles. The number of carbonyl (C=O) groups is 1. The fraction of sp³-hybridized carbons (Fsp3) is 0.263. The van der Waals surface area contributed by atoms with Crippen LogP contribution in [-0.4, -0.2) is 35.6 Å². The van der Waals surface area contributed by atoms with Crippen LogP contribution in [0.25, 0.3) is 11.1 Å². The number of hydrogen-bond donors (Lipinski definition) is 0. The summed E-state index contributed by atoms with van der Waals surface area (Å²) in [7, 11) is 1.60. The Morgan fingerprint density at radius 2 is 1.84 bits per heavy atom. The molecule has 25 heavy (non-hydrogen) atoms. The van der Waals surface area contributed by atoms with Crippen LogP contribution in [0, 0.1) is 0 Å². The number of oxazole rings is 1. The SMILES string of the molecule is COCCN(Cc1ccccc1)C(=O)Cn1c(=O)oc2ccccc21. The summed E-state index contributed by atoms with van der Waals surface area (Å²) in [6.07, 6.45) is 0. The summed E-state index contributed by atoms with van der Waals surface area (Å²) < 4.78 is 11.7. The van der Waals surface area contributed by atoms with Crippen LogP contribution < -0.4 is 5.76 Å². The van der Waals surface area contributed by atoms with Gasteiger partial charge in [0.2, 0.25) is 5.91 Å². The Balaban J connectivity index is 1.81. The van der Waals surface area contributed by atoms with E-state index in [1.54, 1.807) is 30.2 Å². The van der Waals surface area contributed by atoms with Gasteiger partial charge in [-0.25, -0.2) is 4.79 Å². The minimum atomic E-state index is -0.527. The predicted octanol–water partition coefficient (Wildman–Crippen LogP) is 2.27. The van der Waals surface area contributed by atoms with E-state index in [0.29, 0.717) is 30.8 Å². The summed E-state index contributed by atoms with van der Waals surface area (Å²) in [4.78, 5) is 26.5. The highest BCUT2D eigenvalue weighted by molar-refractivity contribution is 5.79. The minimum absolute atomic E-state index is 0.0631. The lowest BCUT2D eigenvalue weighted by Gasteiger charge is -2.22. The number of benzene rings is 2. The Morgan fingerprint density at radius 3 is 2.60 bits per heavy atom. The molecule has 1 amide bonds. The quantitative estimate of drug-likeness (QED) is 0.662. The van der Waals surface area contributed by atoms with Gasteiger partial charge in [-0.15, -0.1) is 0 Å². The van der Waals surface area contributed by atoms with Gasteiger partial charge in [-0.2, -0.15) is 0 Å². The molecule has 0 unspecified atom stereocenters. The highest BCUT2D eigenvalue weighted by Gasteiger charge is 2.18. The Labute approximate surface area is 145 Å². The molecule has 2 aromatic carbocycles. The molecule has 1 heterocycles. The molecule has 0 bridgehead atoms. The molecule has 6 nitrogen and oxygen atoms in total. The number of carbonyl (C=O) groups excluding carboxylic acids is 1. The van der Waals surface area contributed by atoms with Crippen molar-refractivity contribution in [3.63, 3.8) is 0 Å². The van der Waals surface area contributed by atoms with Gasteiger partial charge in [-0.05, 0) is 17.7 Å². The third-order valence-electron chi connectivity index (χ3n) is 4.00. The van der Waals surface area contributed by atoms with E-state index in [9.17, 15) is 9.59 Å². The van der Waals surface area contributed by atoms with Crippen LogP contribution in [0.5, 0.6) is 0 Å². The van der Waals surface area contributed by atoms with E-state index in [1.165, 1.54) is 4.57 Å². The smallest absolute Gasteiger partial charge is 0.408 e. The topological polar surface area (TPSA) is 64.7 Å². The number of amides is 1. The summed E-state index contributed by atoms with van der Waals surface area (Å²) >= 11 is 0. The molecule has 0 spiro atoms. The Bertz CT molecular complexity index is 898. The molecular weight excluding hydrogens is 320 g/mol. The van der Waals surface area contributed by atoms with Crippen molar-refractivity contribution in [3.05, 3.63) is 70.7 Å². The molecule has 0 saturated carbocycles. The van der Waals surface area contributed by atoms with Gasteiger partial charge in [0.15, 0.2) is 5.58 Å². The summed E-state index contributed by atoms with van der Waals surface area (Å²) in [5.74, 6) is -0.685. The Morgan fingerprint density at radius 1 is 1.12 bits per heavy atom. The number of fused-ring (bicyclic) bond motifs is 1. The second kappa shape index (κ2) is 7.81. The third kappa shape index (κ3) is 3.97. The first-order valence-corrected chi connectivity index (χ1v) is 8.08. The Hall–Kier alpha value is -2.86. The zero-order chi connectivity index (χ0) is 17.6. The first-order chi connectivity index (χ1) is 12.2. The van der Waals surface area contributed by atoms with E-state index in [-0.39, 0.29) is 12.5 Å². The standard InChI is InChI=1S/C19H20N2O4/c1-24-12-11-20(13-15-7-3-2-4-8-15)18(22)14-21-16-9-5-6-10-17(16)25-19(21)23/h2-10H,11-14H2,1H3. The highest BCUT2D eigenvalue weighted by Crippen LogP contribution is 2.12. The van der Waals surface area contributed by atoms with Crippen LogP contribution in [0.1, 0.15) is 5.56 Å². The first kappa shape index (κ1) is 17.0. The van der Waals surface area contributed by atoms with Crippen molar-refractivity contribution in [2.24, 2.45) is 0 Å². The Kier molecular flexibility index (Phi) is 5.30. The van der Waals surface area contributed by atoms with E-state index in [1.807, 2.05) is 36.4 Å². The van der Waals surface area contributed by atoms with Gasteiger partial charge in [0.25, 0.3) is 0 Å². The lowest BCUT2D eigenvalue weighted by molar-refractivity contribution is -0.133. The zero-order valence-electron chi connectivity index (χ0n) is 14.1. The lowest BCUT2D eigenvalue weighted by Crippen LogP contribution is -2.37. The monoisotopic (exact) mass is 340 g/mol. The van der Waals surface area contributed by atoms with Crippen molar-refractivity contribution in [2.45, 2.75) is 13.1 Å². The van der Waals surface area contributed by atoms with Gasteiger partial charge in [0.1, 0.15) is 6.54 Å². The largest absolute Gasteiger partial charge is 0.420 e. The normalized spacial score (nSPS) is 10.9. The fourth-order valence-corrected chi connectivity index (χ4v) is 2.70. The number of aromatic nitrogens is 1. The predicted molar refractivity (Wildman–Crippen MR) is 94.2 cm³/mol.